The number of hydrogen-bond acceptors (Lipinski definition) is 0. The molecule has 0 aliphatic heterocycles. The van der Waals surface area contributed by atoms with Crippen LogP contribution in [0, 0.1) is 0 Å². The summed E-state index contributed by atoms with van der Waals surface area (Å²) in [5.41, 5.74) is 2.86. The zero-order valence-electron chi connectivity index (χ0n) is 9.54. The second kappa shape index (κ2) is 6.29. The van der Waals surface area contributed by atoms with Gasteiger partial charge in [0.1, 0.15) is 0 Å². The van der Waals surface area contributed by atoms with Crippen LogP contribution in [0.5, 0.6) is 0 Å². The van der Waals surface area contributed by atoms with Crippen molar-refractivity contribution in [3.05, 3.63) is 70.7 Å². The summed E-state index contributed by atoms with van der Waals surface area (Å²) in [6.07, 6.45) is 0. The molecule has 0 radical (unpaired) electrons. The van der Waals surface area contributed by atoms with Crippen LogP contribution >= 0.6 is 34.8 Å². The quantitative estimate of drug-likeness (QED) is 0.504. The van der Waals surface area contributed by atoms with Gasteiger partial charge in [0.25, 0.3) is 0 Å². The van der Waals surface area contributed by atoms with Crippen LogP contribution in [0.1, 0.15) is 11.1 Å². The zero-order chi connectivity index (χ0) is 13.0. The third kappa shape index (κ3) is 3.08. The Morgan fingerprint density at radius 2 is 1.44 bits per heavy atom. The summed E-state index contributed by atoms with van der Waals surface area (Å²) in [4.78, 5) is 0. The number of halogens is 3. The fourth-order valence-corrected chi connectivity index (χ4v) is 2.46. The highest BCUT2D eigenvalue weighted by Gasteiger charge is 2.08. The third-order valence-electron chi connectivity index (χ3n) is 2.62. The lowest BCUT2D eigenvalue weighted by molar-refractivity contribution is 1.56. The largest absolute Gasteiger partial charge is 0.121 e. The summed E-state index contributed by atoms with van der Waals surface area (Å²) >= 11 is 18.3. The summed E-state index contributed by atoms with van der Waals surface area (Å²) in [6, 6.07) is 17.3. The lowest BCUT2D eigenvalue weighted by atomic mass is 10.0. The van der Waals surface area contributed by atoms with Crippen molar-refractivity contribution >= 4 is 45.4 Å². The Bertz CT molecular complexity index is 542. The second-order valence-electron chi connectivity index (χ2n) is 3.80. The molecule has 0 aromatic heterocycles. The van der Waals surface area contributed by atoms with Gasteiger partial charge in [0.15, 0.2) is 0 Å². The molecule has 0 spiro atoms. The Labute approximate surface area is 122 Å². The van der Waals surface area contributed by atoms with Crippen LogP contribution in [-0.4, -0.2) is 5.88 Å². The lowest BCUT2D eigenvalue weighted by Gasteiger charge is -2.09. The fraction of sp³-hybridized carbons (Fsp3) is 0.0667. The summed E-state index contributed by atoms with van der Waals surface area (Å²) in [7, 11) is 0. The molecule has 0 bridgehead atoms. The third-order valence-corrected chi connectivity index (χ3v) is 3.58. The molecule has 18 heavy (non-hydrogen) atoms. The van der Waals surface area contributed by atoms with Crippen LogP contribution in [0.15, 0.2) is 54.6 Å². The molecule has 0 amide bonds. The van der Waals surface area contributed by atoms with Crippen molar-refractivity contribution in [2.45, 2.75) is 0 Å². The fourth-order valence-electron chi connectivity index (χ4n) is 1.67. The molecule has 0 aliphatic rings. The first-order valence-corrected chi connectivity index (χ1v) is 6.77. The Kier molecular flexibility index (Phi) is 4.71. The molecular weight excluding hydrogens is 287 g/mol. The van der Waals surface area contributed by atoms with E-state index in [1.807, 2.05) is 54.6 Å². The molecule has 0 N–H and O–H groups in total. The minimum absolute atomic E-state index is 0.357. The Hall–Kier alpha value is -0.950. The van der Waals surface area contributed by atoms with Crippen LogP contribution in [-0.2, 0) is 0 Å². The van der Waals surface area contributed by atoms with Crippen LogP contribution in [0.2, 0.25) is 5.02 Å². The average Bonchev–Trinajstić information content (AvgIpc) is 2.42. The summed E-state index contributed by atoms with van der Waals surface area (Å²) in [5, 5.41) is 1.37. The predicted octanol–water partition coefficient (Wildman–Crippen LogP) is 5.69. The van der Waals surface area contributed by atoms with Gasteiger partial charge in [0.05, 0.1) is 5.03 Å². The monoisotopic (exact) mass is 296 g/mol. The summed E-state index contributed by atoms with van der Waals surface area (Å²) in [5.74, 6) is 0.357. The lowest BCUT2D eigenvalue weighted by Crippen LogP contribution is -1.89. The van der Waals surface area contributed by atoms with Gasteiger partial charge in [0, 0.05) is 10.9 Å². The molecule has 0 saturated heterocycles. The second-order valence-corrected chi connectivity index (χ2v) is 4.88. The van der Waals surface area contributed by atoms with E-state index in [0.717, 1.165) is 16.7 Å². The van der Waals surface area contributed by atoms with Gasteiger partial charge in [0.2, 0.25) is 0 Å². The number of hydrogen-bond donors (Lipinski definition) is 0. The Balaban J connectivity index is 2.47. The smallest absolute Gasteiger partial charge is 0.0528 e. The van der Waals surface area contributed by atoms with Crippen molar-refractivity contribution in [3.63, 3.8) is 0 Å². The normalized spacial score (nSPS) is 12.2. The van der Waals surface area contributed by atoms with E-state index in [9.17, 15) is 0 Å². The molecule has 3 heteroatoms. The SMILES string of the molecule is ClC/C(=C(\Cl)c1ccccc1)c1ccc(Cl)cc1. The Morgan fingerprint density at radius 1 is 0.833 bits per heavy atom. The first-order chi connectivity index (χ1) is 8.72. The Morgan fingerprint density at radius 3 is 2.00 bits per heavy atom. The number of rotatable bonds is 3. The highest BCUT2D eigenvalue weighted by atomic mass is 35.5. The van der Waals surface area contributed by atoms with E-state index in [2.05, 4.69) is 0 Å². The standard InChI is InChI=1S/C15H11Cl3/c16-10-14(11-6-8-13(17)9-7-11)15(18)12-4-2-1-3-5-12/h1-9H,10H2/b15-14+. The van der Waals surface area contributed by atoms with Crippen molar-refractivity contribution in [2.75, 3.05) is 5.88 Å². The van der Waals surface area contributed by atoms with Gasteiger partial charge in [-0.2, -0.15) is 0 Å². The van der Waals surface area contributed by atoms with Crippen LogP contribution in [0.3, 0.4) is 0 Å². The first-order valence-electron chi connectivity index (χ1n) is 5.48. The molecule has 0 atom stereocenters. The van der Waals surface area contributed by atoms with Gasteiger partial charge in [-0.25, -0.2) is 0 Å². The first kappa shape index (κ1) is 13.5. The summed E-state index contributed by atoms with van der Waals surface area (Å²) < 4.78 is 0. The number of benzene rings is 2. The molecule has 0 unspecified atom stereocenters. The van der Waals surface area contributed by atoms with E-state index < -0.39 is 0 Å². The molecule has 2 aromatic carbocycles. The van der Waals surface area contributed by atoms with E-state index in [4.69, 9.17) is 34.8 Å². The molecule has 0 heterocycles. The number of allylic oxidation sites excluding steroid dienone is 1. The van der Waals surface area contributed by atoms with Crippen LogP contribution in [0.25, 0.3) is 10.6 Å². The average molecular weight is 298 g/mol. The molecule has 0 fully saturated rings. The zero-order valence-corrected chi connectivity index (χ0v) is 11.8. The topological polar surface area (TPSA) is 0 Å². The van der Waals surface area contributed by atoms with E-state index in [1.54, 1.807) is 0 Å². The van der Waals surface area contributed by atoms with Gasteiger partial charge in [-0.1, -0.05) is 65.7 Å². The van der Waals surface area contributed by atoms with Crippen LogP contribution < -0.4 is 0 Å². The van der Waals surface area contributed by atoms with Gasteiger partial charge in [-0.15, -0.1) is 11.6 Å². The van der Waals surface area contributed by atoms with E-state index in [1.165, 1.54) is 0 Å². The maximum atomic E-state index is 6.41. The molecular formula is C15H11Cl3. The maximum absolute atomic E-state index is 6.41. The number of alkyl halides is 1. The van der Waals surface area contributed by atoms with Crippen molar-refractivity contribution in [1.29, 1.82) is 0 Å². The minimum Gasteiger partial charge on any atom is -0.121 e. The van der Waals surface area contributed by atoms with E-state index >= 15 is 0 Å². The molecule has 2 rings (SSSR count). The van der Waals surface area contributed by atoms with E-state index in [-0.39, 0.29) is 0 Å². The van der Waals surface area contributed by atoms with Crippen molar-refractivity contribution in [2.24, 2.45) is 0 Å². The van der Waals surface area contributed by atoms with Gasteiger partial charge in [-0.05, 0) is 28.8 Å². The molecule has 92 valence electrons. The highest BCUT2D eigenvalue weighted by molar-refractivity contribution is 6.53. The minimum atomic E-state index is 0.357. The van der Waals surface area contributed by atoms with Crippen molar-refractivity contribution in [3.8, 4) is 0 Å². The molecule has 2 aromatic rings. The van der Waals surface area contributed by atoms with Gasteiger partial charge < -0.3 is 0 Å². The molecule has 0 nitrogen and oxygen atoms in total. The van der Waals surface area contributed by atoms with Gasteiger partial charge in [-0.3, -0.25) is 0 Å². The highest BCUT2D eigenvalue weighted by Crippen LogP contribution is 2.30. The van der Waals surface area contributed by atoms with Crippen molar-refractivity contribution in [1.82, 2.24) is 0 Å². The predicted molar refractivity (Wildman–Crippen MR) is 81.3 cm³/mol. The maximum Gasteiger partial charge on any atom is 0.0528 e. The van der Waals surface area contributed by atoms with Crippen LogP contribution in [0.4, 0.5) is 0 Å². The molecule has 0 aliphatic carbocycles. The van der Waals surface area contributed by atoms with Gasteiger partial charge >= 0.3 is 0 Å². The summed E-state index contributed by atoms with van der Waals surface area (Å²) in [6.45, 7) is 0. The molecule has 0 saturated carbocycles. The van der Waals surface area contributed by atoms with E-state index in [0.29, 0.717) is 15.9 Å². The van der Waals surface area contributed by atoms with Crippen molar-refractivity contribution < 1.29 is 0 Å².